The molecule has 8 aromatic rings. The summed E-state index contributed by atoms with van der Waals surface area (Å²) in [6.45, 7) is 15.1. The lowest BCUT2D eigenvalue weighted by molar-refractivity contribution is 0.0345. The van der Waals surface area contributed by atoms with Crippen molar-refractivity contribution in [2.75, 3.05) is 105 Å². The summed E-state index contributed by atoms with van der Waals surface area (Å²) in [5.74, 6) is 0. The van der Waals surface area contributed by atoms with Crippen LogP contribution in [-0.4, -0.2) is 125 Å². The third kappa shape index (κ3) is 13.4. The Morgan fingerprint density at radius 2 is 0.426 bits per heavy atom. The van der Waals surface area contributed by atoms with Crippen LogP contribution in [0.25, 0.3) is 43.1 Å². The van der Waals surface area contributed by atoms with Crippen LogP contribution in [0.2, 0.25) is 0 Å². The Kier molecular flexibility index (Phi) is 17.6. The third-order valence-electron chi connectivity index (χ3n) is 13.5. The van der Waals surface area contributed by atoms with Gasteiger partial charge >= 0.3 is 0 Å². The van der Waals surface area contributed by atoms with Gasteiger partial charge in [0, 0.05) is 78.5 Å². The maximum atomic E-state index is 6.49. The lowest BCUT2D eigenvalue weighted by Crippen LogP contribution is -2.35. The minimum absolute atomic E-state index is 0.648. The van der Waals surface area contributed by atoms with Gasteiger partial charge in [0.05, 0.1) is 52.9 Å². The van der Waals surface area contributed by atoms with Crippen molar-refractivity contribution in [3.63, 3.8) is 0 Å². The van der Waals surface area contributed by atoms with E-state index in [1.54, 1.807) is 0 Å². The highest BCUT2D eigenvalue weighted by Gasteiger charge is 2.15. The molecule has 352 valence electrons. The molecule has 1 heterocycles. The Labute approximate surface area is 403 Å². The number of hydrogen-bond donors (Lipinski definition) is 0. The highest BCUT2D eigenvalue weighted by atomic mass is 16.5. The van der Waals surface area contributed by atoms with E-state index in [0.717, 1.165) is 78.5 Å². The van der Waals surface area contributed by atoms with E-state index in [2.05, 4.69) is 189 Å². The summed E-state index contributed by atoms with van der Waals surface area (Å²) in [4.78, 5) is 9.97. The zero-order valence-electron chi connectivity index (χ0n) is 39.7. The number of nitrogens with zero attached hydrogens (tertiary/aromatic N) is 4. The molecule has 8 nitrogen and oxygen atoms in total. The van der Waals surface area contributed by atoms with Crippen LogP contribution in [0.3, 0.4) is 0 Å². The van der Waals surface area contributed by atoms with Gasteiger partial charge in [-0.3, -0.25) is 19.6 Å². The van der Waals surface area contributed by atoms with E-state index in [4.69, 9.17) is 18.9 Å². The van der Waals surface area contributed by atoms with E-state index < -0.39 is 0 Å². The molecule has 0 aliphatic carbocycles. The summed E-state index contributed by atoms with van der Waals surface area (Å²) in [6, 6.07) is 61.4. The predicted octanol–water partition coefficient (Wildman–Crippen LogP) is 10.7. The summed E-state index contributed by atoms with van der Waals surface area (Å²) in [6.07, 6.45) is 0. The monoisotopic (exact) mass is 909 g/mol. The fraction of sp³-hybridized carbons (Fsp3) is 0.333. The Morgan fingerprint density at radius 3 is 0.647 bits per heavy atom. The van der Waals surface area contributed by atoms with E-state index in [9.17, 15) is 0 Å². The first-order valence-electron chi connectivity index (χ1n) is 24.8. The molecule has 0 radical (unpaired) electrons. The fourth-order valence-electron chi connectivity index (χ4n) is 9.72. The van der Waals surface area contributed by atoms with Gasteiger partial charge in [0.15, 0.2) is 0 Å². The zero-order chi connectivity index (χ0) is 46.0. The van der Waals surface area contributed by atoms with E-state index in [-0.39, 0.29) is 0 Å². The first kappa shape index (κ1) is 47.5. The molecule has 1 fully saturated rings. The van der Waals surface area contributed by atoms with Crippen LogP contribution < -0.4 is 0 Å². The smallest absolute Gasteiger partial charge is 0.0594 e. The zero-order valence-corrected chi connectivity index (χ0v) is 39.7. The number of fused-ring (bicyclic) bond motifs is 4. The first-order chi connectivity index (χ1) is 33.7. The molecular weight excluding hydrogens is 841 g/mol. The molecule has 0 atom stereocenters. The summed E-state index contributed by atoms with van der Waals surface area (Å²) in [7, 11) is 0. The summed E-state index contributed by atoms with van der Waals surface area (Å²) >= 11 is 0. The SMILES string of the molecule is c1ccc2c(CN3CCOCCN(Cc4cccc5ccccc45)CCOCCN(Cc4cccc5ccccc45)CCOCCN(Cc4cccc5ccccc45)CCOCC3)cccc2c1. The third-order valence-corrected chi connectivity index (χ3v) is 13.5. The van der Waals surface area contributed by atoms with Crippen molar-refractivity contribution in [3.8, 4) is 0 Å². The van der Waals surface area contributed by atoms with Crippen molar-refractivity contribution < 1.29 is 18.9 Å². The molecule has 0 saturated carbocycles. The van der Waals surface area contributed by atoms with Crippen LogP contribution in [0.5, 0.6) is 0 Å². The van der Waals surface area contributed by atoms with Gasteiger partial charge in [-0.25, -0.2) is 0 Å². The topological polar surface area (TPSA) is 49.9 Å². The van der Waals surface area contributed by atoms with Gasteiger partial charge in [0.25, 0.3) is 0 Å². The fourth-order valence-corrected chi connectivity index (χ4v) is 9.72. The Balaban J connectivity index is 0.900. The normalized spacial score (nSPS) is 17.4. The lowest BCUT2D eigenvalue weighted by Gasteiger charge is -2.27. The molecule has 9 rings (SSSR count). The molecule has 8 aromatic carbocycles. The van der Waals surface area contributed by atoms with E-state index in [1.807, 2.05) is 0 Å². The second kappa shape index (κ2) is 25.2. The van der Waals surface area contributed by atoms with Crippen LogP contribution in [0, 0.1) is 0 Å². The van der Waals surface area contributed by atoms with Gasteiger partial charge < -0.3 is 18.9 Å². The first-order valence-corrected chi connectivity index (χ1v) is 24.8. The van der Waals surface area contributed by atoms with E-state index in [0.29, 0.717) is 52.9 Å². The molecule has 8 heteroatoms. The molecule has 1 aliphatic rings. The Hall–Kier alpha value is -5.52. The second-order valence-electron chi connectivity index (χ2n) is 18.1. The van der Waals surface area contributed by atoms with E-state index >= 15 is 0 Å². The van der Waals surface area contributed by atoms with Crippen molar-refractivity contribution in [1.29, 1.82) is 0 Å². The van der Waals surface area contributed by atoms with E-state index in [1.165, 1.54) is 65.3 Å². The molecular formula is C60H68N4O4. The van der Waals surface area contributed by atoms with Crippen molar-refractivity contribution in [2.24, 2.45) is 0 Å². The molecule has 0 N–H and O–H groups in total. The van der Waals surface area contributed by atoms with Crippen molar-refractivity contribution >= 4 is 43.1 Å². The quantitative estimate of drug-likeness (QED) is 0.149. The summed E-state index contributed by atoms with van der Waals surface area (Å²) in [5.41, 5.74) is 5.32. The molecule has 1 saturated heterocycles. The molecule has 0 unspecified atom stereocenters. The van der Waals surface area contributed by atoms with Crippen LogP contribution in [-0.2, 0) is 45.1 Å². The molecule has 0 aromatic heterocycles. The average molecular weight is 909 g/mol. The molecule has 1 aliphatic heterocycles. The Morgan fingerprint density at radius 1 is 0.235 bits per heavy atom. The summed E-state index contributed by atoms with van der Waals surface area (Å²) in [5, 5.41) is 10.3. The number of benzene rings is 8. The maximum absolute atomic E-state index is 6.49. The van der Waals surface area contributed by atoms with Gasteiger partial charge in [-0.1, -0.05) is 170 Å². The molecule has 0 amide bonds. The largest absolute Gasteiger partial charge is 0.379 e. The number of hydrogen-bond acceptors (Lipinski definition) is 8. The van der Waals surface area contributed by atoms with Crippen LogP contribution in [0.4, 0.5) is 0 Å². The molecule has 0 spiro atoms. The van der Waals surface area contributed by atoms with Crippen molar-refractivity contribution in [3.05, 3.63) is 192 Å². The van der Waals surface area contributed by atoms with Gasteiger partial charge in [-0.2, -0.15) is 0 Å². The standard InChI is InChI=1S/C60H68N4O4/c1-5-25-57-49(13-1)17-9-21-53(57)45-61-29-37-65-39-31-62(46-54-22-10-18-50-14-2-6-26-58(50)54)33-41-67-43-35-64(48-56-24-12-20-52-16-4-8-28-60(52)56)36-44-68-42-34-63(32-40-66-38-30-61)47-55-23-11-19-51-15-3-7-27-59(51)55/h1-28H,29-48H2. The molecule has 0 bridgehead atoms. The van der Waals surface area contributed by atoms with Crippen LogP contribution in [0.1, 0.15) is 22.3 Å². The minimum atomic E-state index is 0.648. The van der Waals surface area contributed by atoms with Gasteiger partial charge in [0.1, 0.15) is 0 Å². The molecule has 68 heavy (non-hydrogen) atoms. The highest BCUT2D eigenvalue weighted by Crippen LogP contribution is 2.24. The number of ether oxygens (including phenoxy) is 4. The van der Waals surface area contributed by atoms with Crippen molar-refractivity contribution in [1.82, 2.24) is 19.6 Å². The van der Waals surface area contributed by atoms with Crippen LogP contribution >= 0.6 is 0 Å². The number of rotatable bonds is 8. The predicted molar refractivity (Wildman–Crippen MR) is 280 cm³/mol. The average Bonchev–Trinajstić information content (AvgIpc) is 3.38. The Bertz CT molecular complexity index is 2370. The summed E-state index contributed by atoms with van der Waals surface area (Å²) < 4.78 is 26.0. The van der Waals surface area contributed by atoms with Crippen LogP contribution in [0.15, 0.2) is 170 Å². The van der Waals surface area contributed by atoms with Gasteiger partial charge in [0.2, 0.25) is 0 Å². The highest BCUT2D eigenvalue weighted by molar-refractivity contribution is 5.87. The lowest BCUT2D eigenvalue weighted by atomic mass is 10.0. The van der Waals surface area contributed by atoms with Crippen molar-refractivity contribution in [2.45, 2.75) is 26.2 Å². The second-order valence-corrected chi connectivity index (χ2v) is 18.1. The maximum Gasteiger partial charge on any atom is 0.0594 e. The minimum Gasteiger partial charge on any atom is -0.379 e. The van der Waals surface area contributed by atoms with Gasteiger partial charge in [-0.05, 0) is 65.3 Å². The van der Waals surface area contributed by atoms with Gasteiger partial charge in [-0.15, -0.1) is 0 Å².